The van der Waals surface area contributed by atoms with Crippen LogP contribution in [0.3, 0.4) is 0 Å². The summed E-state index contributed by atoms with van der Waals surface area (Å²) >= 11 is 5.19. The van der Waals surface area contributed by atoms with E-state index in [2.05, 4.69) is 20.6 Å². The minimum Gasteiger partial charge on any atom is -0.465 e. The molecule has 138 valence electrons. The van der Waals surface area contributed by atoms with E-state index in [1.807, 2.05) is 30.3 Å². The van der Waals surface area contributed by atoms with Crippen LogP contribution in [0.4, 0.5) is 5.69 Å². The summed E-state index contributed by atoms with van der Waals surface area (Å²) in [6.07, 6.45) is 6.09. The van der Waals surface area contributed by atoms with Crippen molar-refractivity contribution in [2.75, 3.05) is 5.32 Å². The monoisotopic (exact) mass is 390 g/mol. The van der Waals surface area contributed by atoms with E-state index in [4.69, 9.17) is 21.1 Å². The molecule has 3 heterocycles. The van der Waals surface area contributed by atoms with E-state index in [9.17, 15) is 4.79 Å². The number of nitrogens with zero attached hydrogens (tertiary/aromatic N) is 2. The summed E-state index contributed by atoms with van der Waals surface area (Å²) in [6, 6.07) is 14.4. The summed E-state index contributed by atoms with van der Waals surface area (Å²) in [4.78, 5) is 20.5. The lowest BCUT2D eigenvalue weighted by atomic mass is 10.2. The number of hydrogen-bond acceptors (Lipinski definition) is 6. The Labute approximate surface area is 165 Å². The van der Waals surface area contributed by atoms with Crippen LogP contribution in [0.2, 0.25) is 0 Å². The molecule has 0 saturated heterocycles. The Bertz CT molecular complexity index is 1130. The average Bonchev–Trinajstić information content (AvgIpc) is 3.36. The zero-order valence-corrected chi connectivity index (χ0v) is 15.3. The molecule has 0 radical (unpaired) electrons. The first-order chi connectivity index (χ1) is 13.7. The molecule has 0 aliphatic rings. The molecule has 0 aliphatic heterocycles. The fraction of sp³-hybridized carbons (Fsp3) is 0. The molecule has 0 bridgehead atoms. The Morgan fingerprint density at radius 2 is 2.07 bits per heavy atom. The van der Waals surface area contributed by atoms with Gasteiger partial charge in [-0.3, -0.25) is 10.1 Å². The molecule has 4 aromatic rings. The molecule has 2 N–H and O–H groups in total. The van der Waals surface area contributed by atoms with Crippen molar-refractivity contribution in [1.82, 2.24) is 15.3 Å². The molecule has 0 fully saturated rings. The molecule has 0 unspecified atom stereocenters. The van der Waals surface area contributed by atoms with Gasteiger partial charge in [0.15, 0.2) is 16.3 Å². The highest BCUT2D eigenvalue weighted by Gasteiger charge is 2.10. The number of amides is 1. The SMILES string of the molecule is O=C(C=Cc1ccco1)NC(=S)Nc1cccc(-c2nc3ncccc3o2)c1. The van der Waals surface area contributed by atoms with Crippen molar-refractivity contribution < 1.29 is 13.6 Å². The number of hydrogen-bond donors (Lipinski definition) is 2. The fourth-order valence-electron chi connectivity index (χ4n) is 2.48. The molecule has 28 heavy (non-hydrogen) atoms. The van der Waals surface area contributed by atoms with Crippen molar-refractivity contribution >= 4 is 46.2 Å². The standard InChI is InChI=1S/C20H14N4O3S/c25-17(9-8-15-6-3-11-26-15)23-20(28)22-14-5-1-4-13(12-14)19-24-18-16(27-19)7-2-10-21-18/h1-12H,(H2,22,23,25,28). The highest BCUT2D eigenvalue weighted by molar-refractivity contribution is 7.80. The zero-order valence-electron chi connectivity index (χ0n) is 14.5. The van der Waals surface area contributed by atoms with Gasteiger partial charge in [-0.05, 0) is 60.8 Å². The van der Waals surface area contributed by atoms with Gasteiger partial charge in [0.05, 0.1) is 6.26 Å². The number of carbonyl (C=O) groups excluding carboxylic acids is 1. The number of nitrogens with one attached hydrogen (secondary N) is 2. The summed E-state index contributed by atoms with van der Waals surface area (Å²) < 4.78 is 10.9. The largest absolute Gasteiger partial charge is 0.465 e. The van der Waals surface area contributed by atoms with E-state index < -0.39 is 0 Å². The number of anilines is 1. The van der Waals surface area contributed by atoms with Crippen LogP contribution in [-0.4, -0.2) is 21.0 Å². The third-order valence-electron chi connectivity index (χ3n) is 3.71. The molecule has 0 aliphatic carbocycles. The second-order valence-electron chi connectivity index (χ2n) is 5.72. The topological polar surface area (TPSA) is 93.2 Å². The first kappa shape index (κ1) is 17.6. The van der Waals surface area contributed by atoms with E-state index in [1.165, 1.54) is 12.3 Å². The van der Waals surface area contributed by atoms with Crippen LogP contribution in [0, 0.1) is 0 Å². The predicted molar refractivity (Wildman–Crippen MR) is 109 cm³/mol. The van der Waals surface area contributed by atoms with Crippen LogP contribution in [0.5, 0.6) is 0 Å². The number of fused-ring (bicyclic) bond motifs is 1. The smallest absolute Gasteiger partial charge is 0.250 e. The Hall–Kier alpha value is -3.78. The Balaban J connectivity index is 1.42. The molecule has 0 spiro atoms. The molecule has 1 aromatic carbocycles. The number of benzene rings is 1. The maximum Gasteiger partial charge on any atom is 0.250 e. The van der Waals surface area contributed by atoms with Gasteiger partial charge in [0.25, 0.3) is 0 Å². The van der Waals surface area contributed by atoms with Crippen molar-refractivity contribution in [3.05, 3.63) is 72.8 Å². The third-order valence-corrected chi connectivity index (χ3v) is 3.92. The van der Waals surface area contributed by atoms with Crippen molar-refractivity contribution in [1.29, 1.82) is 0 Å². The van der Waals surface area contributed by atoms with Gasteiger partial charge in [-0.25, -0.2) is 4.98 Å². The van der Waals surface area contributed by atoms with Gasteiger partial charge >= 0.3 is 0 Å². The summed E-state index contributed by atoms with van der Waals surface area (Å²) in [7, 11) is 0. The number of thiocarbonyl (C=S) groups is 1. The Morgan fingerprint density at radius 3 is 2.89 bits per heavy atom. The molecule has 3 aromatic heterocycles. The molecule has 1 amide bonds. The van der Waals surface area contributed by atoms with E-state index >= 15 is 0 Å². The minimum atomic E-state index is -0.366. The number of oxazole rings is 1. The molecule has 7 nitrogen and oxygen atoms in total. The van der Waals surface area contributed by atoms with Crippen LogP contribution < -0.4 is 10.6 Å². The Morgan fingerprint density at radius 1 is 1.14 bits per heavy atom. The van der Waals surface area contributed by atoms with Gasteiger partial charge in [0.2, 0.25) is 11.8 Å². The lowest BCUT2D eigenvalue weighted by Crippen LogP contribution is -2.32. The summed E-state index contributed by atoms with van der Waals surface area (Å²) in [5, 5.41) is 5.71. The summed E-state index contributed by atoms with van der Waals surface area (Å²) in [6.45, 7) is 0. The quantitative estimate of drug-likeness (QED) is 0.402. The second kappa shape index (κ2) is 7.85. The maximum absolute atomic E-state index is 11.9. The van der Waals surface area contributed by atoms with Crippen molar-refractivity contribution in [2.45, 2.75) is 0 Å². The average molecular weight is 390 g/mol. The third kappa shape index (κ3) is 4.13. The number of furan rings is 1. The van der Waals surface area contributed by atoms with E-state index in [0.29, 0.717) is 28.6 Å². The highest BCUT2D eigenvalue weighted by Crippen LogP contribution is 2.25. The number of aromatic nitrogens is 2. The van der Waals surface area contributed by atoms with Crippen LogP contribution in [-0.2, 0) is 4.79 Å². The van der Waals surface area contributed by atoms with Crippen LogP contribution in [0.1, 0.15) is 5.76 Å². The molecule has 4 rings (SSSR count). The molecule has 0 atom stereocenters. The molecule has 0 saturated carbocycles. The lowest BCUT2D eigenvalue weighted by Gasteiger charge is -2.08. The van der Waals surface area contributed by atoms with Gasteiger partial charge in [-0.1, -0.05) is 6.07 Å². The summed E-state index contributed by atoms with van der Waals surface area (Å²) in [5.74, 6) is 0.665. The maximum atomic E-state index is 11.9. The number of rotatable bonds is 4. The van der Waals surface area contributed by atoms with E-state index in [-0.39, 0.29) is 11.0 Å². The normalized spacial score (nSPS) is 11.0. The van der Waals surface area contributed by atoms with Crippen molar-refractivity contribution in [3.63, 3.8) is 0 Å². The zero-order chi connectivity index (χ0) is 19.3. The summed E-state index contributed by atoms with van der Waals surface area (Å²) in [5.41, 5.74) is 2.60. The predicted octanol–water partition coefficient (Wildman–Crippen LogP) is 4.01. The van der Waals surface area contributed by atoms with E-state index in [0.717, 1.165) is 5.56 Å². The Kier molecular flexibility index (Phi) is 4.94. The van der Waals surface area contributed by atoms with Crippen LogP contribution in [0.25, 0.3) is 28.8 Å². The first-order valence-corrected chi connectivity index (χ1v) is 8.74. The van der Waals surface area contributed by atoms with Crippen molar-refractivity contribution in [2.24, 2.45) is 0 Å². The lowest BCUT2D eigenvalue weighted by molar-refractivity contribution is -0.115. The fourth-order valence-corrected chi connectivity index (χ4v) is 2.70. The first-order valence-electron chi connectivity index (χ1n) is 8.33. The van der Waals surface area contributed by atoms with Crippen molar-refractivity contribution in [3.8, 4) is 11.5 Å². The van der Waals surface area contributed by atoms with Crippen LogP contribution in [0.15, 0.2) is 75.9 Å². The number of pyridine rings is 1. The second-order valence-corrected chi connectivity index (χ2v) is 6.13. The van der Waals surface area contributed by atoms with Crippen LogP contribution >= 0.6 is 12.2 Å². The minimum absolute atomic E-state index is 0.172. The van der Waals surface area contributed by atoms with Gasteiger partial charge in [0, 0.05) is 23.5 Å². The van der Waals surface area contributed by atoms with Gasteiger partial charge < -0.3 is 14.2 Å². The van der Waals surface area contributed by atoms with Gasteiger partial charge in [-0.15, -0.1) is 0 Å². The molecular formula is C20H14N4O3S. The van der Waals surface area contributed by atoms with Gasteiger partial charge in [0.1, 0.15) is 5.76 Å². The molecular weight excluding hydrogens is 376 g/mol. The van der Waals surface area contributed by atoms with Gasteiger partial charge in [-0.2, -0.15) is 4.98 Å². The molecule has 8 heteroatoms. The highest BCUT2D eigenvalue weighted by atomic mass is 32.1. The van der Waals surface area contributed by atoms with E-state index in [1.54, 1.807) is 30.5 Å². The number of carbonyl (C=O) groups is 1.